The van der Waals surface area contributed by atoms with Gasteiger partial charge in [-0.3, -0.25) is 0 Å². The molecule has 6 heteroatoms. The summed E-state index contributed by atoms with van der Waals surface area (Å²) >= 11 is 0. The molecule has 0 radical (unpaired) electrons. The SMILES string of the molecule is COc1ncccc1CNc1nccnc1C#N. The van der Waals surface area contributed by atoms with Crippen LogP contribution in [0.25, 0.3) is 0 Å². The number of anilines is 1. The van der Waals surface area contributed by atoms with Crippen LogP contribution in [0.15, 0.2) is 30.7 Å². The number of aromatic nitrogens is 3. The van der Waals surface area contributed by atoms with Gasteiger partial charge in [-0.1, -0.05) is 6.07 Å². The van der Waals surface area contributed by atoms with E-state index < -0.39 is 0 Å². The summed E-state index contributed by atoms with van der Waals surface area (Å²) in [5.74, 6) is 0.998. The summed E-state index contributed by atoms with van der Waals surface area (Å²) in [7, 11) is 1.56. The van der Waals surface area contributed by atoms with E-state index in [0.29, 0.717) is 18.2 Å². The second kappa shape index (κ2) is 5.59. The summed E-state index contributed by atoms with van der Waals surface area (Å²) in [6.45, 7) is 0.463. The fourth-order valence-corrected chi connectivity index (χ4v) is 1.47. The molecule has 18 heavy (non-hydrogen) atoms. The molecule has 0 fully saturated rings. The zero-order chi connectivity index (χ0) is 12.8. The van der Waals surface area contributed by atoms with Crippen LogP contribution in [-0.4, -0.2) is 22.1 Å². The fourth-order valence-electron chi connectivity index (χ4n) is 1.47. The Morgan fingerprint density at radius 1 is 1.28 bits per heavy atom. The number of hydrogen-bond donors (Lipinski definition) is 1. The molecule has 1 N–H and O–H groups in total. The lowest BCUT2D eigenvalue weighted by atomic mass is 10.2. The van der Waals surface area contributed by atoms with Crippen molar-refractivity contribution in [2.45, 2.75) is 6.54 Å². The van der Waals surface area contributed by atoms with Crippen molar-refractivity contribution in [3.8, 4) is 11.9 Å². The van der Waals surface area contributed by atoms with Crippen LogP contribution in [0, 0.1) is 11.3 Å². The van der Waals surface area contributed by atoms with E-state index in [4.69, 9.17) is 10.00 Å². The molecule has 2 rings (SSSR count). The van der Waals surface area contributed by atoms with E-state index in [1.54, 1.807) is 13.3 Å². The molecule has 0 atom stereocenters. The highest BCUT2D eigenvalue weighted by atomic mass is 16.5. The summed E-state index contributed by atoms with van der Waals surface area (Å²) < 4.78 is 5.14. The monoisotopic (exact) mass is 241 g/mol. The Bertz CT molecular complexity index is 579. The molecule has 0 aliphatic heterocycles. The van der Waals surface area contributed by atoms with Crippen molar-refractivity contribution in [1.82, 2.24) is 15.0 Å². The van der Waals surface area contributed by atoms with Crippen LogP contribution in [0.1, 0.15) is 11.3 Å². The maximum atomic E-state index is 8.89. The van der Waals surface area contributed by atoms with Crippen molar-refractivity contribution in [3.05, 3.63) is 42.0 Å². The van der Waals surface area contributed by atoms with Gasteiger partial charge in [0.15, 0.2) is 11.5 Å². The zero-order valence-corrected chi connectivity index (χ0v) is 9.79. The van der Waals surface area contributed by atoms with Gasteiger partial charge in [-0.2, -0.15) is 5.26 Å². The Hall–Kier alpha value is -2.68. The lowest BCUT2D eigenvalue weighted by Gasteiger charge is -2.09. The van der Waals surface area contributed by atoms with Crippen LogP contribution in [0.3, 0.4) is 0 Å². The van der Waals surface area contributed by atoms with Crippen LogP contribution in [0.2, 0.25) is 0 Å². The van der Waals surface area contributed by atoms with Crippen LogP contribution in [0.5, 0.6) is 5.88 Å². The number of nitrogens with zero attached hydrogens (tertiary/aromatic N) is 4. The summed E-state index contributed by atoms with van der Waals surface area (Å²) in [4.78, 5) is 12.1. The molecule has 0 spiro atoms. The van der Waals surface area contributed by atoms with Crippen LogP contribution >= 0.6 is 0 Å². The van der Waals surface area contributed by atoms with Crippen LogP contribution in [0.4, 0.5) is 5.82 Å². The number of nitriles is 1. The molecule has 0 aliphatic carbocycles. The zero-order valence-electron chi connectivity index (χ0n) is 9.79. The minimum atomic E-state index is 0.264. The van der Waals surface area contributed by atoms with Gasteiger partial charge in [-0.15, -0.1) is 0 Å². The minimum absolute atomic E-state index is 0.264. The average Bonchev–Trinajstić information content (AvgIpc) is 2.45. The van der Waals surface area contributed by atoms with E-state index >= 15 is 0 Å². The summed E-state index contributed by atoms with van der Waals surface area (Å²) in [5.41, 5.74) is 1.15. The first-order chi connectivity index (χ1) is 8.85. The second-order valence-electron chi connectivity index (χ2n) is 3.39. The number of ether oxygens (including phenoxy) is 1. The van der Waals surface area contributed by atoms with E-state index in [1.807, 2.05) is 18.2 Å². The highest BCUT2D eigenvalue weighted by Gasteiger charge is 2.06. The van der Waals surface area contributed by atoms with Crippen molar-refractivity contribution in [2.24, 2.45) is 0 Å². The van der Waals surface area contributed by atoms with Gasteiger partial charge in [0, 0.05) is 30.7 Å². The van der Waals surface area contributed by atoms with Crippen molar-refractivity contribution in [3.63, 3.8) is 0 Å². The average molecular weight is 241 g/mol. The molecule has 0 aliphatic rings. The molecule has 0 saturated carbocycles. The molecule has 0 aromatic carbocycles. The number of pyridine rings is 1. The number of nitrogens with one attached hydrogen (secondary N) is 1. The lowest BCUT2D eigenvalue weighted by Crippen LogP contribution is -2.06. The quantitative estimate of drug-likeness (QED) is 0.870. The first kappa shape index (κ1) is 11.8. The maximum Gasteiger partial charge on any atom is 0.218 e. The van der Waals surface area contributed by atoms with E-state index in [2.05, 4.69) is 20.3 Å². The third-order valence-electron chi connectivity index (χ3n) is 2.29. The lowest BCUT2D eigenvalue weighted by molar-refractivity contribution is 0.393. The van der Waals surface area contributed by atoms with Gasteiger partial charge in [0.1, 0.15) is 6.07 Å². The summed E-state index contributed by atoms with van der Waals surface area (Å²) in [6, 6.07) is 5.69. The largest absolute Gasteiger partial charge is 0.481 e. The van der Waals surface area contributed by atoms with Gasteiger partial charge in [0.25, 0.3) is 0 Å². The van der Waals surface area contributed by atoms with Crippen LogP contribution < -0.4 is 10.1 Å². The molecule has 0 unspecified atom stereocenters. The van der Waals surface area contributed by atoms with E-state index in [1.165, 1.54) is 12.4 Å². The smallest absolute Gasteiger partial charge is 0.218 e. The normalized spacial score (nSPS) is 9.56. The van der Waals surface area contributed by atoms with Gasteiger partial charge >= 0.3 is 0 Å². The number of methoxy groups -OCH3 is 1. The highest BCUT2D eigenvalue weighted by molar-refractivity contribution is 5.47. The predicted octanol–water partition coefficient (Wildman–Crippen LogP) is 1.36. The Morgan fingerprint density at radius 3 is 2.89 bits per heavy atom. The van der Waals surface area contributed by atoms with Gasteiger partial charge in [-0.25, -0.2) is 15.0 Å². The third kappa shape index (κ3) is 2.52. The summed E-state index contributed by atoms with van der Waals surface area (Å²) in [5, 5.41) is 11.9. The molecule has 0 amide bonds. The molecule has 6 nitrogen and oxygen atoms in total. The standard InChI is InChI=1S/C12H11N5O/c1-18-12-9(3-2-4-16-12)8-17-11-10(7-13)14-5-6-15-11/h2-6H,8H2,1H3,(H,15,17). The molecule has 0 saturated heterocycles. The molecule has 90 valence electrons. The first-order valence-electron chi connectivity index (χ1n) is 5.28. The number of hydrogen-bond acceptors (Lipinski definition) is 6. The Kier molecular flexibility index (Phi) is 3.66. The van der Waals surface area contributed by atoms with Crippen molar-refractivity contribution in [2.75, 3.05) is 12.4 Å². The molecule has 0 bridgehead atoms. The van der Waals surface area contributed by atoms with Crippen molar-refractivity contribution < 1.29 is 4.74 Å². The second-order valence-corrected chi connectivity index (χ2v) is 3.39. The molecule has 2 heterocycles. The van der Waals surface area contributed by atoms with Crippen molar-refractivity contribution in [1.29, 1.82) is 5.26 Å². The Balaban J connectivity index is 2.14. The molecule has 2 aromatic heterocycles. The molecular formula is C12H11N5O. The molecule has 2 aromatic rings. The highest BCUT2D eigenvalue weighted by Crippen LogP contribution is 2.16. The predicted molar refractivity (Wildman–Crippen MR) is 64.9 cm³/mol. The van der Waals surface area contributed by atoms with Crippen molar-refractivity contribution >= 4 is 5.82 Å². The topological polar surface area (TPSA) is 83.7 Å². The van der Waals surface area contributed by atoms with E-state index in [-0.39, 0.29) is 5.69 Å². The van der Waals surface area contributed by atoms with E-state index in [0.717, 1.165) is 5.56 Å². The Morgan fingerprint density at radius 2 is 2.11 bits per heavy atom. The van der Waals surface area contributed by atoms with Gasteiger partial charge in [0.05, 0.1) is 7.11 Å². The Labute approximate surface area is 104 Å². The van der Waals surface area contributed by atoms with Crippen LogP contribution in [-0.2, 0) is 6.54 Å². The maximum absolute atomic E-state index is 8.89. The fraction of sp³-hybridized carbons (Fsp3) is 0.167. The van der Waals surface area contributed by atoms with Gasteiger partial charge < -0.3 is 10.1 Å². The minimum Gasteiger partial charge on any atom is -0.481 e. The van der Waals surface area contributed by atoms with Gasteiger partial charge in [-0.05, 0) is 6.07 Å². The van der Waals surface area contributed by atoms with E-state index in [9.17, 15) is 0 Å². The summed E-state index contributed by atoms with van der Waals surface area (Å²) in [6.07, 6.45) is 4.67. The first-order valence-corrected chi connectivity index (χ1v) is 5.28. The number of rotatable bonds is 4. The van der Waals surface area contributed by atoms with Gasteiger partial charge in [0.2, 0.25) is 5.88 Å². The molecular weight excluding hydrogens is 230 g/mol. The third-order valence-corrected chi connectivity index (χ3v) is 2.29.